The van der Waals surface area contributed by atoms with Crippen molar-refractivity contribution in [2.24, 2.45) is 0 Å². The zero-order valence-corrected chi connectivity index (χ0v) is 21.6. The summed E-state index contributed by atoms with van der Waals surface area (Å²) >= 11 is 0. The average molecular weight is 502 g/mol. The molecule has 0 bridgehead atoms. The first-order chi connectivity index (χ1) is 17.6. The average Bonchev–Trinajstić information content (AvgIpc) is 3.57. The number of imidazole rings is 1. The topological polar surface area (TPSA) is 106 Å². The number of nitrogens with one attached hydrogen (secondary N) is 2. The molecule has 0 spiro atoms. The van der Waals surface area contributed by atoms with Gasteiger partial charge in [0, 0.05) is 6.54 Å². The maximum absolute atomic E-state index is 13.7. The van der Waals surface area contributed by atoms with Crippen LogP contribution in [-0.2, 0) is 18.8 Å². The van der Waals surface area contributed by atoms with Crippen molar-refractivity contribution >= 4 is 35.6 Å². The monoisotopic (exact) mass is 502 g/mol. The van der Waals surface area contributed by atoms with Gasteiger partial charge < -0.3 is 29.2 Å². The van der Waals surface area contributed by atoms with Crippen LogP contribution in [0.5, 0.6) is 0 Å². The van der Waals surface area contributed by atoms with Gasteiger partial charge in [0.1, 0.15) is 17.9 Å². The van der Waals surface area contributed by atoms with Crippen LogP contribution in [0.1, 0.15) is 51.2 Å². The Morgan fingerprint density at radius 1 is 1.14 bits per heavy atom. The molecule has 2 aliphatic rings. The van der Waals surface area contributed by atoms with Crippen LogP contribution in [0.4, 0.5) is 4.79 Å². The Morgan fingerprint density at radius 2 is 1.84 bits per heavy atom. The van der Waals surface area contributed by atoms with E-state index in [2.05, 4.69) is 10.3 Å². The molecule has 1 aromatic heterocycles. The lowest BCUT2D eigenvalue weighted by Crippen LogP contribution is -2.43. The Labute approximate surface area is 216 Å². The van der Waals surface area contributed by atoms with Gasteiger partial charge in [0.15, 0.2) is 0 Å². The highest BCUT2D eigenvalue weighted by atomic mass is 16.7. The van der Waals surface area contributed by atoms with Gasteiger partial charge in [0.2, 0.25) is 0 Å². The number of hydrogen-bond acceptors (Lipinski definition) is 6. The van der Waals surface area contributed by atoms with Gasteiger partial charge >= 0.3 is 13.2 Å². The highest BCUT2D eigenvalue weighted by molar-refractivity contribution is 6.62. The summed E-state index contributed by atoms with van der Waals surface area (Å²) in [5.74, 6) is 0.373. The summed E-state index contributed by atoms with van der Waals surface area (Å²) in [6, 6.07) is 13.7. The molecule has 1 saturated heterocycles. The molecule has 0 aliphatic carbocycles. The minimum Gasteiger partial charge on any atom is -0.453 e. The molecule has 2 aliphatic heterocycles. The van der Waals surface area contributed by atoms with Crippen LogP contribution < -0.4 is 10.8 Å². The highest BCUT2D eigenvalue weighted by Crippen LogP contribution is 2.37. The number of aromatic amines is 1. The number of hydrogen-bond donors (Lipinski definition) is 2. The molecule has 0 saturated carbocycles. The van der Waals surface area contributed by atoms with E-state index in [-0.39, 0.29) is 5.91 Å². The van der Waals surface area contributed by atoms with Gasteiger partial charge in [-0.1, -0.05) is 48.6 Å². The molecule has 2 aromatic carbocycles. The number of benzene rings is 2. The van der Waals surface area contributed by atoms with E-state index >= 15 is 0 Å². The fourth-order valence-electron chi connectivity index (χ4n) is 4.58. The molecule has 2 amide bonds. The van der Waals surface area contributed by atoms with Crippen molar-refractivity contribution in [2.75, 3.05) is 13.7 Å². The second-order valence-electron chi connectivity index (χ2n) is 10.3. The third-order valence-corrected chi connectivity index (χ3v) is 7.40. The van der Waals surface area contributed by atoms with E-state index in [1.54, 1.807) is 17.0 Å². The summed E-state index contributed by atoms with van der Waals surface area (Å²) in [6.07, 6.45) is 3.18. The third kappa shape index (κ3) is 4.62. The van der Waals surface area contributed by atoms with Gasteiger partial charge in [0.05, 0.1) is 29.3 Å². The summed E-state index contributed by atoms with van der Waals surface area (Å²) in [6.45, 7) is 8.49. The Morgan fingerprint density at radius 3 is 2.51 bits per heavy atom. The van der Waals surface area contributed by atoms with Crippen LogP contribution in [0, 0.1) is 0 Å². The number of nitrogens with zero attached hydrogens (tertiary/aromatic N) is 2. The Kier molecular flexibility index (Phi) is 6.33. The molecule has 3 heterocycles. The lowest BCUT2D eigenvalue weighted by atomic mass is 9.79. The van der Waals surface area contributed by atoms with E-state index in [1.165, 1.54) is 7.11 Å². The smallest absolute Gasteiger partial charge is 0.453 e. The maximum Gasteiger partial charge on any atom is 0.494 e. The third-order valence-electron chi connectivity index (χ3n) is 7.40. The summed E-state index contributed by atoms with van der Waals surface area (Å²) in [7, 11) is 0.788. The summed E-state index contributed by atoms with van der Waals surface area (Å²) in [4.78, 5) is 35.6. The van der Waals surface area contributed by atoms with Crippen LogP contribution in [0.3, 0.4) is 0 Å². The zero-order chi connectivity index (χ0) is 26.4. The first-order valence-electron chi connectivity index (χ1n) is 12.3. The van der Waals surface area contributed by atoms with Gasteiger partial charge in [-0.25, -0.2) is 9.78 Å². The van der Waals surface area contributed by atoms with Gasteiger partial charge in [-0.3, -0.25) is 4.79 Å². The zero-order valence-electron chi connectivity index (χ0n) is 21.6. The van der Waals surface area contributed by atoms with Crippen molar-refractivity contribution in [3.63, 3.8) is 0 Å². The Hall–Kier alpha value is -3.63. The Balaban J connectivity index is 1.41. The normalized spacial score (nSPS) is 20.8. The maximum atomic E-state index is 13.7. The molecule has 10 heteroatoms. The number of fused-ring (bicyclic) bond motifs is 1. The molecule has 9 nitrogen and oxygen atoms in total. The molecule has 2 atom stereocenters. The van der Waals surface area contributed by atoms with E-state index in [0.29, 0.717) is 17.9 Å². The van der Waals surface area contributed by atoms with Crippen LogP contribution in [0.2, 0.25) is 0 Å². The van der Waals surface area contributed by atoms with Crippen LogP contribution in [-0.4, -0.2) is 58.8 Å². The summed E-state index contributed by atoms with van der Waals surface area (Å²) in [5.41, 5.74) is 2.28. The second-order valence-corrected chi connectivity index (χ2v) is 10.3. The minimum atomic E-state index is -0.893. The Bertz CT molecular complexity index is 1340. The minimum absolute atomic E-state index is 0.259. The van der Waals surface area contributed by atoms with Crippen molar-refractivity contribution < 1.29 is 23.6 Å². The van der Waals surface area contributed by atoms with E-state index in [4.69, 9.17) is 19.0 Å². The molecule has 192 valence electrons. The molecule has 37 heavy (non-hydrogen) atoms. The first-order valence-corrected chi connectivity index (χ1v) is 12.3. The van der Waals surface area contributed by atoms with Crippen LogP contribution in [0.15, 0.2) is 60.7 Å². The van der Waals surface area contributed by atoms with Gasteiger partial charge in [-0.2, -0.15) is 0 Å². The number of methoxy groups -OCH3 is 1. The first kappa shape index (κ1) is 25.0. The van der Waals surface area contributed by atoms with E-state index < -0.39 is 36.5 Å². The van der Waals surface area contributed by atoms with Crippen molar-refractivity contribution in [3.8, 4) is 0 Å². The van der Waals surface area contributed by atoms with Gasteiger partial charge in [-0.05, 0) is 50.9 Å². The second kappa shape index (κ2) is 9.35. The summed E-state index contributed by atoms with van der Waals surface area (Å²) in [5, 5.41) is 2.67. The number of alkyl carbamates (subject to hydrolysis) is 1. The largest absolute Gasteiger partial charge is 0.494 e. The van der Waals surface area contributed by atoms with Crippen molar-refractivity contribution in [1.29, 1.82) is 0 Å². The highest BCUT2D eigenvalue weighted by Gasteiger charge is 2.51. The van der Waals surface area contributed by atoms with Gasteiger partial charge in [-0.15, -0.1) is 0 Å². The molecular weight excluding hydrogens is 471 g/mol. The van der Waals surface area contributed by atoms with E-state index in [1.807, 2.05) is 76.2 Å². The number of ether oxygens (including phenoxy) is 1. The predicted octanol–water partition coefficient (Wildman–Crippen LogP) is 3.40. The number of rotatable bonds is 5. The lowest BCUT2D eigenvalue weighted by Gasteiger charge is -2.32. The molecule has 3 aromatic rings. The number of aromatic nitrogens is 2. The molecule has 0 unspecified atom stereocenters. The van der Waals surface area contributed by atoms with Crippen molar-refractivity contribution in [3.05, 3.63) is 72.1 Å². The van der Waals surface area contributed by atoms with Crippen LogP contribution in [0.25, 0.3) is 11.0 Å². The molecule has 0 radical (unpaired) electrons. The predicted molar refractivity (Wildman–Crippen MR) is 140 cm³/mol. The quantitative estimate of drug-likeness (QED) is 0.409. The fraction of sp³-hybridized carbons (Fsp3) is 0.370. The van der Waals surface area contributed by atoms with Crippen LogP contribution >= 0.6 is 0 Å². The van der Waals surface area contributed by atoms with Gasteiger partial charge in [0.25, 0.3) is 5.91 Å². The fourth-order valence-corrected chi connectivity index (χ4v) is 4.58. The number of H-pyrrole nitrogens is 1. The SMILES string of the molecule is COC(=O)N[C@@H](C(=O)N1CC=C[C@H]1c1nc2ccc(B3OC(C)(C)C(C)(C)O3)cc2[nH]1)c1ccccc1. The van der Waals surface area contributed by atoms with E-state index in [9.17, 15) is 9.59 Å². The number of carbonyl (C=O) groups is 2. The number of amides is 2. The molecule has 2 N–H and O–H groups in total. The molecule has 1 fully saturated rings. The summed E-state index contributed by atoms with van der Waals surface area (Å²) < 4.78 is 17.2. The standard InChI is InChI=1S/C27H31BN4O5/c1-26(2)27(3,4)37-28(36-26)18-13-14-19-20(16-18)30-23(29-19)21-12-9-15-32(21)24(33)22(31-25(34)35-5)17-10-7-6-8-11-17/h6-14,16,21-22H,15H2,1-5H3,(H,29,30)(H,31,34)/t21-,22+/m0/s1. The van der Waals surface area contributed by atoms with Crippen molar-refractivity contribution in [2.45, 2.75) is 51.0 Å². The lowest BCUT2D eigenvalue weighted by molar-refractivity contribution is -0.134. The molecular formula is C27H31BN4O5. The van der Waals surface area contributed by atoms with E-state index in [0.717, 1.165) is 16.5 Å². The molecule has 5 rings (SSSR count). The van der Waals surface area contributed by atoms with Crippen molar-refractivity contribution in [1.82, 2.24) is 20.2 Å². The number of carbonyl (C=O) groups excluding carboxylic acids is 2.